The summed E-state index contributed by atoms with van der Waals surface area (Å²) >= 11 is 0. The van der Waals surface area contributed by atoms with Gasteiger partial charge in [-0.15, -0.1) is 6.58 Å². The SMILES string of the molecule is C=CCCC(=O)NC(CCO)COC. The van der Waals surface area contributed by atoms with E-state index in [1.807, 2.05) is 0 Å². The maximum absolute atomic E-state index is 11.3. The molecule has 0 bridgehead atoms. The van der Waals surface area contributed by atoms with Gasteiger partial charge in [-0.2, -0.15) is 0 Å². The van der Waals surface area contributed by atoms with Crippen molar-refractivity contribution in [2.75, 3.05) is 20.3 Å². The number of allylic oxidation sites excluding steroid dienone is 1. The van der Waals surface area contributed by atoms with Gasteiger partial charge in [0.25, 0.3) is 0 Å². The quantitative estimate of drug-likeness (QED) is 0.561. The van der Waals surface area contributed by atoms with Crippen LogP contribution >= 0.6 is 0 Å². The minimum absolute atomic E-state index is 0.0274. The number of aliphatic hydroxyl groups excluding tert-OH is 1. The monoisotopic (exact) mass is 201 g/mol. The average molecular weight is 201 g/mol. The van der Waals surface area contributed by atoms with E-state index in [9.17, 15) is 4.79 Å². The van der Waals surface area contributed by atoms with Gasteiger partial charge in [-0.05, 0) is 12.8 Å². The van der Waals surface area contributed by atoms with Gasteiger partial charge in [-0.1, -0.05) is 6.08 Å². The molecule has 0 aliphatic carbocycles. The van der Waals surface area contributed by atoms with E-state index in [-0.39, 0.29) is 18.6 Å². The Balaban J connectivity index is 3.76. The summed E-state index contributed by atoms with van der Waals surface area (Å²) in [5.41, 5.74) is 0. The summed E-state index contributed by atoms with van der Waals surface area (Å²) in [7, 11) is 1.57. The molecule has 82 valence electrons. The molecule has 1 unspecified atom stereocenters. The predicted molar refractivity (Wildman–Crippen MR) is 54.9 cm³/mol. The Morgan fingerprint density at radius 2 is 2.43 bits per heavy atom. The van der Waals surface area contributed by atoms with Crippen LogP contribution in [0.25, 0.3) is 0 Å². The second-order valence-electron chi connectivity index (χ2n) is 3.06. The van der Waals surface area contributed by atoms with Crippen molar-refractivity contribution in [3.8, 4) is 0 Å². The van der Waals surface area contributed by atoms with Gasteiger partial charge in [0.15, 0.2) is 0 Å². The van der Waals surface area contributed by atoms with Crippen LogP contribution in [0.3, 0.4) is 0 Å². The summed E-state index contributed by atoms with van der Waals surface area (Å²) in [6, 6.07) is -0.0951. The van der Waals surface area contributed by atoms with E-state index in [0.717, 1.165) is 0 Å². The van der Waals surface area contributed by atoms with Crippen LogP contribution in [-0.2, 0) is 9.53 Å². The van der Waals surface area contributed by atoms with Gasteiger partial charge >= 0.3 is 0 Å². The van der Waals surface area contributed by atoms with E-state index in [1.165, 1.54) is 0 Å². The minimum Gasteiger partial charge on any atom is -0.396 e. The third-order valence-electron chi connectivity index (χ3n) is 1.79. The van der Waals surface area contributed by atoms with Gasteiger partial charge in [-0.25, -0.2) is 0 Å². The average Bonchev–Trinajstić information content (AvgIpc) is 2.15. The molecule has 0 aromatic carbocycles. The Morgan fingerprint density at radius 3 is 2.93 bits per heavy atom. The number of carbonyl (C=O) groups excluding carboxylic acids is 1. The van der Waals surface area contributed by atoms with Gasteiger partial charge < -0.3 is 15.2 Å². The van der Waals surface area contributed by atoms with E-state index < -0.39 is 0 Å². The fourth-order valence-corrected chi connectivity index (χ4v) is 1.09. The predicted octanol–water partition coefficient (Wildman–Crippen LogP) is 0.466. The highest BCUT2D eigenvalue weighted by Crippen LogP contribution is 1.95. The molecule has 0 fully saturated rings. The molecule has 0 aliphatic rings. The molecule has 0 rings (SSSR count). The topological polar surface area (TPSA) is 58.6 Å². The maximum atomic E-state index is 11.3. The van der Waals surface area contributed by atoms with Crippen molar-refractivity contribution in [2.45, 2.75) is 25.3 Å². The summed E-state index contributed by atoms with van der Waals surface area (Å²) < 4.78 is 4.92. The maximum Gasteiger partial charge on any atom is 0.220 e. The Morgan fingerprint density at radius 1 is 1.71 bits per heavy atom. The van der Waals surface area contributed by atoms with Crippen molar-refractivity contribution in [2.24, 2.45) is 0 Å². The van der Waals surface area contributed by atoms with Gasteiger partial charge in [0.1, 0.15) is 0 Å². The highest BCUT2D eigenvalue weighted by atomic mass is 16.5. The number of hydrogen-bond acceptors (Lipinski definition) is 3. The number of methoxy groups -OCH3 is 1. The first-order chi connectivity index (χ1) is 6.74. The molecule has 0 aromatic rings. The molecule has 1 amide bonds. The van der Waals surface area contributed by atoms with Gasteiger partial charge in [-0.3, -0.25) is 4.79 Å². The lowest BCUT2D eigenvalue weighted by atomic mass is 10.2. The van der Waals surface area contributed by atoms with Crippen LogP contribution in [0.4, 0.5) is 0 Å². The fourth-order valence-electron chi connectivity index (χ4n) is 1.09. The summed E-state index contributed by atoms with van der Waals surface area (Å²) in [6.07, 6.45) is 3.34. The molecule has 2 N–H and O–H groups in total. The molecule has 4 nitrogen and oxygen atoms in total. The second kappa shape index (κ2) is 8.72. The minimum atomic E-state index is -0.0951. The zero-order valence-corrected chi connectivity index (χ0v) is 8.66. The Bertz CT molecular complexity index is 165. The Labute approximate surface area is 85.0 Å². The first-order valence-corrected chi connectivity index (χ1v) is 4.74. The molecule has 0 heterocycles. The largest absolute Gasteiger partial charge is 0.396 e. The zero-order valence-electron chi connectivity index (χ0n) is 8.66. The van der Waals surface area contributed by atoms with Crippen molar-refractivity contribution < 1.29 is 14.6 Å². The number of rotatable bonds is 8. The van der Waals surface area contributed by atoms with Crippen LogP contribution in [0, 0.1) is 0 Å². The summed E-state index contributed by atoms with van der Waals surface area (Å²) in [4.78, 5) is 11.3. The molecule has 0 aliphatic heterocycles. The lowest BCUT2D eigenvalue weighted by Gasteiger charge is -2.16. The normalized spacial score (nSPS) is 12.1. The van der Waals surface area contributed by atoms with Gasteiger partial charge in [0, 0.05) is 20.1 Å². The molecule has 0 spiro atoms. The summed E-state index contributed by atoms with van der Waals surface area (Å²) in [6.45, 7) is 4.02. The number of hydrogen-bond donors (Lipinski definition) is 2. The number of nitrogens with one attached hydrogen (secondary N) is 1. The van der Waals surface area contributed by atoms with Crippen molar-refractivity contribution in [1.29, 1.82) is 0 Å². The van der Waals surface area contributed by atoms with Crippen molar-refractivity contribution in [3.63, 3.8) is 0 Å². The van der Waals surface area contributed by atoms with Crippen molar-refractivity contribution >= 4 is 5.91 Å². The number of ether oxygens (including phenoxy) is 1. The third-order valence-corrected chi connectivity index (χ3v) is 1.79. The smallest absolute Gasteiger partial charge is 0.220 e. The van der Waals surface area contributed by atoms with Crippen LogP contribution in [0.15, 0.2) is 12.7 Å². The highest BCUT2D eigenvalue weighted by molar-refractivity contribution is 5.76. The molecule has 0 radical (unpaired) electrons. The molecule has 0 saturated carbocycles. The van der Waals surface area contributed by atoms with Gasteiger partial charge in [0.05, 0.1) is 12.6 Å². The lowest BCUT2D eigenvalue weighted by molar-refractivity contribution is -0.122. The Hall–Kier alpha value is -0.870. The number of aliphatic hydroxyl groups is 1. The number of carbonyl (C=O) groups is 1. The van der Waals surface area contributed by atoms with Gasteiger partial charge in [0.2, 0.25) is 5.91 Å². The first kappa shape index (κ1) is 13.1. The highest BCUT2D eigenvalue weighted by Gasteiger charge is 2.10. The van der Waals surface area contributed by atoms with E-state index >= 15 is 0 Å². The summed E-state index contributed by atoms with van der Waals surface area (Å²) in [5, 5.41) is 11.5. The van der Waals surface area contributed by atoms with E-state index in [4.69, 9.17) is 9.84 Å². The van der Waals surface area contributed by atoms with Crippen LogP contribution in [0.2, 0.25) is 0 Å². The van der Waals surface area contributed by atoms with E-state index in [0.29, 0.717) is 25.9 Å². The standard InChI is InChI=1S/C10H19NO3/c1-3-4-5-10(13)11-9(6-7-12)8-14-2/h3,9,12H,1,4-8H2,2H3,(H,11,13). The third kappa shape index (κ3) is 6.62. The molecule has 14 heavy (non-hydrogen) atoms. The molecular weight excluding hydrogens is 182 g/mol. The number of amides is 1. The molecule has 0 saturated heterocycles. The molecule has 0 aromatic heterocycles. The van der Waals surface area contributed by atoms with Crippen LogP contribution in [-0.4, -0.2) is 37.4 Å². The fraction of sp³-hybridized carbons (Fsp3) is 0.700. The zero-order chi connectivity index (χ0) is 10.8. The van der Waals surface area contributed by atoms with Crippen LogP contribution in [0.5, 0.6) is 0 Å². The van der Waals surface area contributed by atoms with Crippen molar-refractivity contribution in [3.05, 3.63) is 12.7 Å². The van der Waals surface area contributed by atoms with Crippen LogP contribution in [0.1, 0.15) is 19.3 Å². The Kier molecular flexibility index (Phi) is 8.17. The molecule has 4 heteroatoms. The van der Waals surface area contributed by atoms with E-state index in [2.05, 4.69) is 11.9 Å². The summed E-state index contributed by atoms with van der Waals surface area (Å²) in [5.74, 6) is -0.0274. The van der Waals surface area contributed by atoms with Crippen LogP contribution < -0.4 is 5.32 Å². The molecule has 1 atom stereocenters. The van der Waals surface area contributed by atoms with Crippen molar-refractivity contribution in [1.82, 2.24) is 5.32 Å². The van der Waals surface area contributed by atoms with E-state index in [1.54, 1.807) is 13.2 Å². The first-order valence-electron chi connectivity index (χ1n) is 4.74. The lowest BCUT2D eigenvalue weighted by Crippen LogP contribution is -2.38. The molecular formula is C10H19NO3. The second-order valence-corrected chi connectivity index (χ2v) is 3.06.